The summed E-state index contributed by atoms with van der Waals surface area (Å²) in [7, 11) is 1.36. The standard InChI is InChI=1S/C10H17NO3/c1-3-14-9-6-8(7-9)11-5-4-10(12)13-2/h4-5,8-9,11H,3,6-7H2,1-2H3/b5-4+. The number of carbonyl (C=O) groups excluding carboxylic acids is 1. The summed E-state index contributed by atoms with van der Waals surface area (Å²) in [6, 6.07) is 0.437. The summed E-state index contributed by atoms with van der Waals surface area (Å²) in [5.74, 6) is -0.335. The van der Waals surface area contributed by atoms with Gasteiger partial charge in [0.1, 0.15) is 0 Å². The lowest BCUT2D eigenvalue weighted by Gasteiger charge is -2.34. The van der Waals surface area contributed by atoms with E-state index in [2.05, 4.69) is 10.1 Å². The van der Waals surface area contributed by atoms with Gasteiger partial charge in [0.2, 0.25) is 0 Å². The van der Waals surface area contributed by atoms with Crippen molar-refractivity contribution in [1.29, 1.82) is 0 Å². The van der Waals surface area contributed by atoms with Crippen LogP contribution in [0.15, 0.2) is 12.3 Å². The zero-order chi connectivity index (χ0) is 10.4. The predicted molar refractivity (Wildman–Crippen MR) is 52.7 cm³/mol. The van der Waals surface area contributed by atoms with E-state index in [9.17, 15) is 4.79 Å². The van der Waals surface area contributed by atoms with Crippen LogP contribution in [-0.2, 0) is 14.3 Å². The van der Waals surface area contributed by atoms with Crippen LogP contribution in [0.3, 0.4) is 0 Å². The summed E-state index contributed by atoms with van der Waals surface area (Å²) in [5.41, 5.74) is 0. The third-order valence-electron chi connectivity index (χ3n) is 2.25. The molecule has 1 N–H and O–H groups in total. The number of carbonyl (C=O) groups is 1. The highest BCUT2D eigenvalue weighted by Crippen LogP contribution is 2.22. The van der Waals surface area contributed by atoms with E-state index in [1.54, 1.807) is 6.20 Å². The highest BCUT2D eigenvalue weighted by Gasteiger charge is 2.28. The molecule has 1 saturated carbocycles. The topological polar surface area (TPSA) is 47.6 Å². The minimum absolute atomic E-state index is 0.335. The second-order valence-electron chi connectivity index (χ2n) is 3.27. The molecule has 0 saturated heterocycles. The Morgan fingerprint density at radius 3 is 2.86 bits per heavy atom. The maximum Gasteiger partial charge on any atom is 0.331 e. The first-order chi connectivity index (χ1) is 6.76. The van der Waals surface area contributed by atoms with Crippen molar-refractivity contribution in [2.45, 2.75) is 31.9 Å². The van der Waals surface area contributed by atoms with Crippen LogP contribution in [0.5, 0.6) is 0 Å². The number of hydrogen-bond acceptors (Lipinski definition) is 4. The van der Waals surface area contributed by atoms with Crippen molar-refractivity contribution < 1.29 is 14.3 Å². The molecule has 80 valence electrons. The Bertz CT molecular complexity index is 209. The molecule has 1 fully saturated rings. The number of ether oxygens (including phenoxy) is 2. The molecule has 1 aliphatic carbocycles. The zero-order valence-corrected chi connectivity index (χ0v) is 8.66. The zero-order valence-electron chi connectivity index (χ0n) is 8.66. The summed E-state index contributed by atoms with van der Waals surface area (Å²) in [5, 5.41) is 3.11. The lowest BCUT2D eigenvalue weighted by atomic mass is 9.89. The maximum absolute atomic E-state index is 10.7. The normalized spacial score (nSPS) is 25.9. The van der Waals surface area contributed by atoms with Gasteiger partial charge < -0.3 is 14.8 Å². The Hall–Kier alpha value is -1.03. The van der Waals surface area contributed by atoms with E-state index in [4.69, 9.17) is 4.74 Å². The number of esters is 1. The van der Waals surface area contributed by atoms with E-state index < -0.39 is 0 Å². The fourth-order valence-electron chi connectivity index (χ4n) is 1.39. The number of rotatable bonds is 5. The first kappa shape index (κ1) is 11.0. The number of nitrogens with one attached hydrogen (secondary N) is 1. The van der Waals surface area contributed by atoms with Crippen LogP contribution >= 0.6 is 0 Å². The molecular formula is C10H17NO3. The Kier molecular flexibility index (Phi) is 4.46. The van der Waals surface area contributed by atoms with Gasteiger partial charge in [0.15, 0.2) is 0 Å². The highest BCUT2D eigenvalue weighted by molar-refractivity contribution is 5.81. The van der Waals surface area contributed by atoms with Crippen LogP contribution in [0.2, 0.25) is 0 Å². The van der Waals surface area contributed by atoms with Gasteiger partial charge >= 0.3 is 5.97 Å². The SMILES string of the molecule is CCOC1CC(N/C=C/C(=O)OC)C1. The van der Waals surface area contributed by atoms with E-state index in [0.29, 0.717) is 12.1 Å². The fourth-order valence-corrected chi connectivity index (χ4v) is 1.39. The molecule has 0 heterocycles. The van der Waals surface area contributed by atoms with Crippen LogP contribution in [0.4, 0.5) is 0 Å². The first-order valence-electron chi connectivity index (χ1n) is 4.88. The van der Waals surface area contributed by atoms with Crippen molar-refractivity contribution in [3.05, 3.63) is 12.3 Å². The van der Waals surface area contributed by atoms with Gasteiger partial charge in [0.25, 0.3) is 0 Å². The van der Waals surface area contributed by atoms with Gasteiger partial charge in [0.05, 0.1) is 13.2 Å². The highest BCUT2D eigenvalue weighted by atomic mass is 16.5. The molecule has 0 unspecified atom stereocenters. The molecule has 4 heteroatoms. The molecule has 4 nitrogen and oxygen atoms in total. The Labute approximate surface area is 84.3 Å². The van der Waals surface area contributed by atoms with Crippen molar-refractivity contribution in [2.75, 3.05) is 13.7 Å². The molecule has 0 aromatic heterocycles. The molecule has 1 aliphatic rings. The average Bonchev–Trinajstić information content (AvgIpc) is 2.13. The van der Waals surface area contributed by atoms with Crippen molar-refractivity contribution in [2.24, 2.45) is 0 Å². The van der Waals surface area contributed by atoms with Crippen LogP contribution in [0, 0.1) is 0 Å². The van der Waals surface area contributed by atoms with E-state index in [1.165, 1.54) is 13.2 Å². The molecule has 0 aliphatic heterocycles. The second-order valence-corrected chi connectivity index (χ2v) is 3.27. The third-order valence-corrected chi connectivity index (χ3v) is 2.25. The fraction of sp³-hybridized carbons (Fsp3) is 0.700. The van der Waals surface area contributed by atoms with Gasteiger partial charge in [-0.15, -0.1) is 0 Å². The van der Waals surface area contributed by atoms with Crippen LogP contribution in [-0.4, -0.2) is 31.8 Å². The first-order valence-corrected chi connectivity index (χ1v) is 4.88. The van der Waals surface area contributed by atoms with E-state index in [1.807, 2.05) is 6.92 Å². The largest absolute Gasteiger partial charge is 0.466 e. The van der Waals surface area contributed by atoms with E-state index in [-0.39, 0.29) is 5.97 Å². The van der Waals surface area contributed by atoms with Crippen molar-refractivity contribution in [3.63, 3.8) is 0 Å². The lowest BCUT2D eigenvalue weighted by molar-refractivity contribution is -0.134. The molecule has 0 radical (unpaired) electrons. The van der Waals surface area contributed by atoms with Crippen LogP contribution in [0.25, 0.3) is 0 Å². The third kappa shape index (κ3) is 3.38. The van der Waals surface area contributed by atoms with Gasteiger partial charge in [-0.2, -0.15) is 0 Å². The van der Waals surface area contributed by atoms with Gasteiger partial charge in [-0.25, -0.2) is 4.79 Å². The molecular weight excluding hydrogens is 182 g/mol. The van der Waals surface area contributed by atoms with Gasteiger partial charge in [-0.1, -0.05) is 0 Å². The smallest absolute Gasteiger partial charge is 0.331 e. The molecule has 14 heavy (non-hydrogen) atoms. The van der Waals surface area contributed by atoms with Crippen molar-refractivity contribution >= 4 is 5.97 Å². The Morgan fingerprint density at radius 2 is 2.29 bits per heavy atom. The van der Waals surface area contributed by atoms with Crippen LogP contribution < -0.4 is 5.32 Å². The molecule has 0 aromatic rings. The van der Waals surface area contributed by atoms with Gasteiger partial charge in [-0.3, -0.25) is 0 Å². The molecule has 0 bridgehead atoms. The minimum atomic E-state index is -0.335. The number of hydrogen-bond donors (Lipinski definition) is 1. The molecule has 0 amide bonds. The van der Waals surface area contributed by atoms with Crippen molar-refractivity contribution in [3.8, 4) is 0 Å². The van der Waals surface area contributed by atoms with E-state index >= 15 is 0 Å². The minimum Gasteiger partial charge on any atom is -0.466 e. The summed E-state index contributed by atoms with van der Waals surface area (Å²) >= 11 is 0. The summed E-state index contributed by atoms with van der Waals surface area (Å²) in [4.78, 5) is 10.7. The van der Waals surface area contributed by atoms with E-state index in [0.717, 1.165) is 19.4 Å². The second kappa shape index (κ2) is 5.65. The van der Waals surface area contributed by atoms with Gasteiger partial charge in [0, 0.05) is 24.9 Å². The Balaban J connectivity index is 2.05. The molecule has 0 atom stereocenters. The monoisotopic (exact) mass is 199 g/mol. The molecule has 0 aromatic carbocycles. The molecule has 0 spiro atoms. The van der Waals surface area contributed by atoms with Crippen molar-refractivity contribution in [1.82, 2.24) is 5.32 Å². The summed E-state index contributed by atoms with van der Waals surface area (Å²) in [6.45, 7) is 2.77. The quantitative estimate of drug-likeness (QED) is 0.526. The summed E-state index contributed by atoms with van der Waals surface area (Å²) in [6.07, 6.45) is 5.44. The Morgan fingerprint density at radius 1 is 1.57 bits per heavy atom. The average molecular weight is 199 g/mol. The molecule has 1 rings (SSSR count). The van der Waals surface area contributed by atoms with Crippen LogP contribution in [0.1, 0.15) is 19.8 Å². The predicted octanol–water partition coefficient (Wildman–Crippen LogP) is 0.830. The van der Waals surface area contributed by atoms with Gasteiger partial charge in [-0.05, 0) is 19.8 Å². The lowest BCUT2D eigenvalue weighted by Crippen LogP contribution is -2.43. The summed E-state index contributed by atoms with van der Waals surface area (Å²) < 4.78 is 9.85. The number of methoxy groups -OCH3 is 1. The maximum atomic E-state index is 10.7.